The van der Waals surface area contributed by atoms with Crippen LogP contribution in [0.1, 0.15) is 11.1 Å². The second-order valence-corrected chi connectivity index (χ2v) is 4.82. The average Bonchev–Trinajstić information content (AvgIpc) is 2.52. The third-order valence-corrected chi connectivity index (χ3v) is 3.35. The molecule has 2 nitrogen and oxygen atoms in total. The predicted molar refractivity (Wildman–Crippen MR) is 75.0 cm³/mol. The maximum Gasteiger partial charge on any atom is 0.417 e. The van der Waals surface area contributed by atoms with E-state index in [4.69, 9.17) is 9.47 Å². The molecular weight excluding hydrogens is 338 g/mol. The van der Waals surface area contributed by atoms with Crippen molar-refractivity contribution in [3.8, 4) is 22.6 Å². The summed E-state index contributed by atoms with van der Waals surface area (Å²) in [5.41, 5.74) is -3.15. The minimum absolute atomic E-state index is 0.000578. The number of alkyl halides is 6. The van der Waals surface area contributed by atoms with Gasteiger partial charge in [0.1, 0.15) is 11.5 Å². The van der Waals surface area contributed by atoms with Gasteiger partial charge in [0.2, 0.25) is 0 Å². The van der Waals surface area contributed by atoms with Crippen LogP contribution in [0.4, 0.5) is 26.3 Å². The first-order valence-corrected chi connectivity index (χ1v) is 6.58. The fourth-order valence-electron chi connectivity index (χ4n) is 2.22. The molecule has 0 bridgehead atoms. The molecule has 2 aromatic rings. The smallest absolute Gasteiger partial charge is 0.417 e. The summed E-state index contributed by atoms with van der Waals surface area (Å²) in [4.78, 5) is 0. The maximum atomic E-state index is 13.2. The van der Waals surface area contributed by atoms with Gasteiger partial charge in [-0.2, -0.15) is 26.3 Å². The lowest BCUT2D eigenvalue weighted by molar-refractivity contribution is -0.141. The number of methoxy groups -OCH3 is 2. The number of benzene rings is 2. The lowest BCUT2D eigenvalue weighted by Crippen LogP contribution is -2.11. The largest absolute Gasteiger partial charge is 0.497 e. The average molecular weight is 350 g/mol. The summed E-state index contributed by atoms with van der Waals surface area (Å²) in [5.74, 6) is 0.192. The Morgan fingerprint density at radius 1 is 0.708 bits per heavy atom. The van der Waals surface area contributed by atoms with E-state index in [9.17, 15) is 26.3 Å². The molecule has 130 valence electrons. The Morgan fingerprint density at radius 3 is 1.88 bits per heavy atom. The first-order chi connectivity index (χ1) is 11.1. The van der Waals surface area contributed by atoms with E-state index < -0.39 is 29.0 Å². The first-order valence-electron chi connectivity index (χ1n) is 6.58. The van der Waals surface area contributed by atoms with Crippen LogP contribution in [0.5, 0.6) is 11.5 Å². The highest BCUT2D eigenvalue weighted by Crippen LogP contribution is 2.44. The number of hydrogen-bond donors (Lipinski definition) is 0. The van der Waals surface area contributed by atoms with Crippen LogP contribution < -0.4 is 9.47 Å². The molecule has 0 aliphatic carbocycles. The van der Waals surface area contributed by atoms with Gasteiger partial charge in [0.25, 0.3) is 0 Å². The molecule has 0 fully saturated rings. The zero-order valence-electron chi connectivity index (χ0n) is 12.5. The van der Waals surface area contributed by atoms with E-state index in [0.717, 1.165) is 0 Å². The van der Waals surface area contributed by atoms with Crippen molar-refractivity contribution >= 4 is 0 Å². The van der Waals surface area contributed by atoms with Crippen molar-refractivity contribution in [2.75, 3.05) is 14.2 Å². The van der Waals surface area contributed by atoms with E-state index in [1.54, 1.807) is 0 Å². The molecule has 0 atom stereocenters. The zero-order chi connectivity index (χ0) is 18.1. The van der Waals surface area contributed by atoms with Crippen molar-refractivity contribution in [3.05, 3.63) is 47.5 Å². The van der Waals surface area contributed by atoms with Crippen LogP contribution in [0.2, 0.25) is 0 Å². The van der Waals surface area contributed by atoms with Crippen molar-refractivity contribution in [1.29, 1.82) is 0 Å². The molecule has 0 N–H and O–H groups in total. The topological polar surface area (TPSA) is 18.5 Å². The van der Waals surface area contributed by atoms with E-state index in [2.05, 4.69) is 0 Å². The van der Waals surface area contributed by atoms with Crippen LogP contribution >= 0.6 is 0 Å². The molecule has 0 unspecified atom stereocenters. The van der Waals surface area contributed by atoms with Gasteiger partial charge in [0.05, 0.1) is 25.3 Å². The van der Waals surface area contributed by atoms with Crippen LogP contribution in [-0.4, -0.2) is 14.2 Å². The van der Waals surface area contributed by atoms with Gasteiger partial charge in [-0.3, -0.25) is 0 Å². The molecule has 2 rings (SSSR count). The lowest BCUT2D eigenvalue weighted by Gasteiger charge is -2.18. The summed E-state index contributed by atoms with van der Waals surface area (Å²) < 4.78 is 88.3. The van der Waals surface area contributed by atoms with Crippen LogP contribution in [0, 0.1) is 0 Å². The molecule has 0 saturated heterocycles. The second-order valence-electron chi connectivity index (χ2n) is 4.82. The minimum atomic E-state index is -4.83. The molecule has 0 amide bonds. The van der Waals surface area contributed by atoms with Gasteiger partial charge in [0.15, 0.2) is 0 Å². The molecule has 0 saturated carbocycles. The molecule has 8 heteroatoms. The molecule has 0 spiro atoms. The van der Waals surface area contributed by atoms with Crippen molar-refractivity contribution in [3.63, 3.8) is 0 Å². The third-order valence-electron chi connectivity index (χ3n) is 3.35. The predicted octanol–water partition coefficient (Wildman–Crippen LogP) is 5.41. The van der Waals surface area contributed by atoms with Gasteiger partial charge >= 0.3 is 12.4 Å². The standard InChI is InChI=1S/C16H12F6O2/c1-23-10-4-6-14(24-2)12(8-10)11-7-9(15(17,18)19)3-5-13(11)16(20,21)22/h3-8H,1-2H3. The Kier molecular flexibility index (Phi) is 4.68. The van der Waals surface area contributed by atoms with Gasteiger partial charge in [0, 0.05) is 5.56 Å². The third kappa shape index (κ3) is 3.58. The van der Waals surface area contributed by atoms with Crippen molar-refractivity contribution in [2.45, 2.75) is 12.4 Å². The molecular formula is C16H12F6O2. The molecule has 0 aromatic heterocycles. The second kappa shape index (κ2) is 6.26. The molecule has 0 aliphatic heterocycles. The Balaban J connectivity index is 2.80. The molecule has 24 heavy (non-hydrogen) atoms. The fourth-order valence-corrected chi connectivity index (χ4v) is 2.22. The van der Waals surface area contributed by atoms with Crippen LogP contribution in [-0.2, 0) is 12.4 Å². The van der Waals surface area contributed by atoms with Crippen LogP contribution in [0.25, 0.3) is 11.1 Å². The van der Waals surface area contributed by atoms with Crippen molar-refractivity contribution in [1.82, 2.24) is 0 Å². The summed E-state index contributed by atoms with van der Waals surface area (Å²) in [7, 11) is 2.51. The Morgan fingerprint density at radius 2 is 1.38 bits per heavy atom. The summed E-state index contributed by atoms with van der Waals surface area (Å²) in [6.07, 6.45) is -9.60. The molecule has 0 heterocycles. The quantitative estimate of drug-likeness (QED) is 0.689. The lowest BCUT2D eigenvalue weighted by atomic mass is 9.95. The van der Waals surface area contributed by atoms with Gasteiger partial charge in [-0.05, 0) is 42.0 Å². The van der Waals surface area contributed by atoms with E-state index in [-0.39, 0.29) is 17.1 Å². The van der Waals surface area contributed by atoms with Gasteiger partial charge in [-0.15, -0.1) is 0 Å². The minimum Gasteiger partial charge on any atom is -0.497 e. The van der Waals surface area contributed by atoms with Crippen molar-refractivity contribution < 1.29 is 35.8 Å². The molecule has 2 aromatic carbocycles. The zero-order valence-corrected chi connectivity index (χ0v) is 12.5. The molecule has 0 radical (unpaired) electrons. The number of rotatable bonds is 3. The van der Waals surface area contributed by atoms with E-state index in [1.807, 2.05) is 0 Å². The van der Waals surface area contributed by atoms with Crippen molar-refractivity contribution in [2.24, 2.45) is 0 Å². The van der Waals surface area contributed by atoms with Gasteiger partial charge < -0.3 is 9.47 Å². The SMILES string of the molecule is COc1ccc(OC)c(-c2cc(C(F)(F)F)ccc2C(F)(F)F)c1. The van der Waals surface area contributed by atoms with E-state index >= 15 is 0 Å². The van der Waals surface area contributed by atoms with Gasteiger partial charge in [-0.25, -0.2) is 0 Å². The van der Waals surface area contributed by atoms with Crippen LogP contribution in [0.15, 0.2) is 36.4 Å². The van der Waals surface area contributed by atoms with Crippen LogP contribution in [0.3, 0.4) is 0 Å². The number of hydrogen-bond acceptors (Lipinski definition) is 2. The number of ether oxygens (including phenoxy) is 2. The number of halogens is 6. The Hall–Kier alpha value is -2.38. The van der Waals surface area contributed by atoms with Gasteiger partial charge in [-0.1, -0.05) is 0 Å². The summed E-state index contributed by atoms with van der Waals surface area (Å²) >= 11 is 0. The summed E-state index contributed by atoms with van der Waals surface area (Å²) in [6, 6.07) is 5.23. The Labute approximate surface area is 133 Å². The highest BCUT2D eigenvalue weighted by atomic mass is 19.4. The summed E-state index contributed by atoms with van der Waals surface area (Å²) in [6.45, 7) is 0. The fraction of sp³-hybridized carbons (Fsp3) is 0.250. The van der Waals surface area contributed by atoms with E-state index in [0.29, 0.717) is 18.2 Å². The summed E-state index contributed by atoms with van der Waals surface area (Å²) in [5, 5.41) is 0. The maximum absolute atomic E-state index is 13.2. The molecule has 0 aliphatic rings. The normalized spacial score (nSPS) is 12.2. The monoisotopic (exact) mass is 350 g/mol. The highest BCUT2D eigenvalue weighted by Gasteiger charge is 2.37. The first kappa shape index (κ1) is 18.0. The highest BCUT2D eigenvalue weighted by molar-refractivity contribution is 5.76. The Bertz CT molecular complexity index is 734. The van der Waals surface area contributed by atoms with E-state index in [1.165, 1.54) is 32.4 Å².